The summed E-state index contributed by atoms with van der Waals surface area (Å²) in [5, 5.41) is 8.65. The van der Waals surface area contributed by atoms with Gasteiger partial charge in [0.15, 0.2) is 0 Å². The predicted molar refractivity (Wildman–Crippen MR) is 91.4 cm³/mol. The number of sulfonamides is 1. The summed E-state index contributed by atoms with van der Waals surface area (Å²) in [6.07, 6.45) is 2.34. The molecule has 7 heteroatoms. The van der Waals surface area contributed by atoms with E-state index < -0.39 is 16.0 Å². The number of rotatable bonds is 7. The number of benzene rings is 2. The highest BCUT2D eigenvalue weighted by atomic mass is 32.2. The van der Waals surface area contributed by atoms with Gasteiger partial charge < -0.3 is 5.11 Å². The van der Waals surface area contributed by atoms with E-state index in [4.69, 9.17) is 5.11 Å². The molecule has 2 aromatic rings. The molecule has 122 valence electrons. The Labute approximate surface area is 139 Å². The minimum absolute atomic E-state index is 0.0200. The first kappa shape index (κ1) is 17.4. The van der Waals surface area contributed by atoms with Crippen LogP contribution in [0.1, 0.15) is 12.0 Å². The van der Waals surface area contributed by atoms with Crippen molar-refractivity contribution in [1.29, 1.82) is 0 Å². The fourth-order valence-corrected chi connectivity index (χ4v) is 3.43. The molecular formula is C16H17NO4S2. The molecule has 0 aliphatic rings. The molecule has 0 saturated carbocycles. The van der Waals surface area contributed by atoms with E-state index in [2.05, 4.69) is 4.72 Å². The summed E-state index contributed by atoms with van der Waals surface area (Å²) < 4.78 is 27.2. The number of carbonyl (C=O) groups is 1. The summed E-state index contributed by atoms with van der Waals surface area (Å²) in [6.45, 7) is 0. The number of aliphatic carboxylic acids is 1. The Morgan fingerprint density at radius 1 is 1.09 bits per heavy atom. The van der Waals surface area contributed by atoms with E-state index >= 15 is 0 Å². The first-order valence-corrected chi connectivity index (χ1v) is 9.59. The molecule has 2 N–H and O–H groups in total. The Hall–Kier alpha value is -1.99. The van der Waals surface area contributed by atoms with E-state index in [1.807, 2.05) is 18.4 Å². The van der Waals surface area contributed by atoms with Crippen LogP contribution in [0, 0.1) is 0 Å². The molecule has 0 radical (unpaired) electrons. The van der Waals surface area contributed by atoms with Crippen molar-refractivity contribution in [3.8, 4) is 0 Å². The van der Waals surface area contributed by atoms with Crippen molar-refractivity contribution in [2.45, 2.75) is 22.6 Å². The zero-order valence-corrected chi connectivity index (χ0v) is 14.2. The lowest BCUT2D eigenvalue weighted by atomic mass is 10.1. The maximum atomic E-state index is 12.3. The van der Waals surface area contributed by atoms with Crippen molar-refractivity contribution in [1.82, 2.24) is 0 Å². The third-order valence-electron chi connectivity index (χ3n) is 3.20. The molecule has 0 unspecified atom stereocenters. The van der Waals surface area contributed by atoms with Crippen LogP contribution in [0.3, 0.4) is 0 Å². The smallest absolute Gasteiger partial charge is 0.303 e. The minimum Gasteiger partial charge on any atom is -0.481 e. The highest BCUT2D eigenvalue weighted by Crippen LogP contribution is 2.20. The Balaban J connectivity index is 2.10. The van der Waals surface area contributed by atoms with Gasteiger partial charge in [0, 0.05) is 17.0 Å². The van der Waals surface area contributed by atoms with Crippen molar-refractivity contribution in [2.24, 2.45) is 0 Å². The van der Waals surface area contributed by atoms with Crippen LogP contribution < -0.4 is 4.72 Å². The number of hydrogen-bond acceptors (Lipinski definition) is 4. The summed E-state index contributed by atoms with van der Waals surface area (Å²) in [7, 11) is -3.65. The van der Waals surface area contributed by atoms with E-state index in [-0.39, 0.29) is 11.3 Å². The van der Waals surface area contributed by atoms with Gasteiger partial charge in [-0.25, -0.2) is 8.42 Å². The summed E-state index contributed by atoms with van der Waals surface area (Å²) in [4.78, 5) is 11.7. The standard InChI is InChI=1S/C16H17NO4S2/c1-22-14-7-5-13(6-8-14)17-23(20,21)15-9-2-12(3-10-15)4-11-16(18)19/h2-3,5-10,17H,4,11H2,1H3,(H,18,19). The SMILES string of the molecule is CSc1ccc(NS(=O)(=O)c2ccc(CCC(=O)O)cc2)cc1. The molecule has 0 atom stereocenters. The Morgan fingerprint density at radius 2 is 1.70 bits per heavy atom. The maximum Gasteiger partial charge on any atom is 0.303 e. The first-order valence-electron chi connectivity index (χ1n) is 6.88. The topological polar surface area (TPSA) is 83.5 Å². The molecule has 0 fully saturated rings. The summed E-state index contributed by atoms with van der Waals surface area (Å²) in [5.41, 5.74) is 1.29. The largest absolute Gasteiger partial charge is 0.481 e. The summed E-state index contributed by atoms with van der Waals surface area (Å²) in [5.74, 6) is -0.878. The molecule has 0 aromatic heterocycles. The molecule has 0 saturated heterocycles. The van der Waals surface area contributed by atoms with Gasteiger partial charge in [0.25, 0.3) is 10.0 Å². The van der Waals surface area contributed by atoms with Crippen LogP contribution in [0.15, 0.2) is 58.3 Å². The lowest BCUT2D eigenvalue weighted by Crippen LogP contribution is -2.12. The molecule has 0 heterocycles. The Morgan fingerprint density at radius 3 is 2.22 bits per heavy atom. The fourth-order valence-electron chi connectivity index (χ4n) is 1.96. The van der Waals surface area contributed by atoms with Crippen LogP contribution in [-0.4, -0.2) is 25.7 Å². The molecule has 23 heavy (non-hydrogen) atoms. The lowest BCUT2D eigenvalue weighted by molar-refractivity contribution is -0.136. The normalized spacial score (nSPS) is 11.2. The van der Waals surface area contributed by atoms with Crippen LogP contribution >= 0.6 is 11.8 Å². The van der Waals surface area contributed by atoms with Gasteiger partial charge in [-0.3, -0.25) is 9.52 Å². The zero-order valence-electron chi connectivity index (χ0n) is 12.5. The van der Waals surface area contributed by atoms with Gasteiger partial charge in [0.1, 0.15) is 0 Å². The quantitative estimate of drug-likeness (QED) is 0.748. The highest BCUT2D eigenvalue weighted by molar-refractivity contribution is 7.98. The van der Waals surface area contributed by atoms with Crippen LogP contribution in [0.25, 0.3) is 0 Å². The van der Waals surface area contributed by atoms with E-state index in [0.717, 1.165) is 10.5 Å². The van der Waals surface area contributed by atoms with Gasteiger partial charge in [-0.15, -0.1) is 11.8 Å². The third-order valence-corrected chi connectivity index (χ3v) is 5.34. The van der Waals surface area contributed by atoms with Gasteiger partial charge in [0.05, 0.1) is 4.90 Å². The van der Waals surface area contributed by atoms with Crippen molar-refractivity contribution in [3.05, 3.63) is 54.1 Å². The second-order valence-electron chi connectivity index (χ2n) is 4.87. The summed E-state index contributed by atoms with van der Waals surface area (Å²) >= 11 is 1.58. The maximum absolute atomic E-state index is 12.3. The molecule has 5 nitrogen and oxygen atoms in total. The number of carboxylic acid groups (broad SMARTS) is 1. The van der Waals surface area contributed by atoms with Crippen LogP contribution in [0.4, 0.5) is 5.69 Å². The second kappa shape index (κ2) is 7.52. The minimum atomic E-state index is -3.65. The number of carboxylic acids is 1. The highest BCUT2D eigenvalue weighted by Gasteiger charge is 2.14. The molecule has 0 aliphatic heterocycles. The third kappa shape index (κ3) is 5.01. The average molecular weight is 351 g/mol. The molecule has 2 aromatic carbocycles. The molecule has 2 rings (SSSR count). The van der Waals surface area contributed by atoms with Gasteiger partial charge >= 0.3 is 5.97 Å². The fraction of sp³-hybridized carbons (Fsp3) is 0.188. The first-order chi connectivity index (χ1) is 10.9. The van der Waals surface area contributed by atoms with Crippen molar-refractivity contribution < 1.29 is 18.3 Å². The van der Waals surface area contributed by atoms with Crippen LogP contribution in [0.5, 0.6) is 0 Å². The number of thioether (sulfide) groups is 1. The number of anilines is 1. The molecule has 0 amide bonds. The molecule has 0 bridgehead atoms. The van der Waals surface area contributed by atoms with Gasteiger partial charge in [-0.1, -0.05) is 12.1 Å². The van der Waals surface area contributed by atoms with Crippen LogP contribution in [0.2, 0.25) is 0 Å². The van der Waals surface area contributed by atoms with E-state index in [9.17, 15) is 13.2 Å². The number of nitrogens with one attached hydrogen (secondary N) is 1. The van der Waals surface area contributed by atoms with Crippen molar-refractivity contribution in [2.75, 3.05) is 11.0 Å². The summed E-state index contributed by atoms with van der Waals surface area (Å²) in [6, 6.07) is 13.3. The average Bonchev–Trinajstić information content (AvgIpc) is 2.53. The van der Waals surface area contributed by atoms with E-state index in [1.165, 1.54) is 12.1 Å². The predicted octanol–water partition coefficient (Wildman–Crippen LogP) is 3.23. The molecule has 0 spiro atoms. The van der Waals surface area contributed by atoms with Gasteiger partial charge in [-0.2, -0.15) is 0 Å². The lowest BCUT2D eigenvalue weighted by Gasteiger charge is -2.09. The van der Waals surface area contributed by atoms with E-state index in [1.54, 1.807) is 36.0 Å². The zero-order chi connectivity index (χ0) is 16.9. The molecular weight excluding hydrogens is 334 g/mol. The van der Waals surface area contributed by atoms with Gasteiger partial charge in [0.2, 0.25) is 0 Å². The Kier molecular flexibility index (Phi) is 5.68. The van der Waals surface area contributed by atoms with E-state index in [0.29, 0.717) is 12.1 Å². The van der Waals surface area contributed by atoms with Crippen LogP contribution in [-0.2, 0) is 21.2 Å². The van der Waals surface area contributed by atoms with Crippen molar-refractivity contribution >= 4 is 33.4 Å². The number of hydrogen-bond donors (Lipinski definition) is 2. The monoisotopic (exact) mass is 351 g/mol. The Bertz CT molecular complexity index is 769. The second-order valence-corrected chi connectivity index (χ2v) is 7.43. The number of aryl methyl sites for hydroxylation is 1. The molecule has 0 aliphatic carbocycles. The van der Waals surface area contributed by atoms with Gasteiger partial charge in [-0.05, 0) is 54.6 Å². The van der Waals surface area contributed by atoms with Crippen molar-refractivity contribution in [3.63, 3.8) is 0 Å².